The molecule has 3 fully saturated rings. The number of hydrogen-bond donors (Lipinski definition) is 0. The zero-order valence-corrected chi connectivity index (χ0v) is 14.9. The van der Waals surface area contributed by atoms with E-state index < -0.39 is 21.8 Å². The summed E-state index contributed by atoms with van der Waals surface area (Å²) >= 11 is 1.28. The Morgan fingerprint density at radius 2 is 2.20 bits per heavy atom. The van der Waals surface area contributed by atoms with E-state index in [1.54, 1.807) is 17.0 Å². The van der Waals surface area contributed by atoms with Gasteiger partial charge in [-0.25, -0.2) is 12.8 Å². The minimum Gasteiger partial charge on any atom is -0.368 e. The van der Waals surface area contributed by atoms with Crippen molar-refractivity contribution in [2.24, 2.45) is 4.99 Å². The summed E-state index contributed by atoms with van der Waals surface area (Å²) in [5.41, 5.74) is 0.510. The number of thioether (sulfide) groups is 1. The molecule has 0 spiro atoms. The largest absolute Gasteiger partial charge is 0.368 e. The van der Waals surface area contributed by atoms with Gasteiger partial charge >= 0.3 is 0 Å². The van der Waals surface area contributed by atoms with Crippen molar-refractivity contribution < 1.29 is 22.3 Å². The molecule has 3 aliphatic heterocycles. The van der Waals surface area contributed by atoms with Crippen molar-refractivity contribution in [3.05, 3.63) is 30.1 Å². The summed E-state index contributed by atoms with van der Waals surface area (Å²) in [6.07, 6.45) is 0.930. The van der Waals surface area contributed by atoms with Gasteiger partial charge in [-0.3, -0.25) is 4.79 Å². The third-order valence-electron chi connectivity index (χ3n) is 4.56. The molecule has 0 saturated carbocycles. The summed E-state index contributed by atoms with van der Waals surface area (Å²) in [4.78, 5) is 18.2. The molecule has 1 aromatic rings. The monoisotopic (exact) mass is 384 g/mol. The highest BCUT2D eigenvalue weighted by atomic mass is 32.2. The fraction of sp³-hybridized carbons (Fsp3) is 0.500. The Labute approximate surface area is 149 Å². The molecule has 3 saturated heterocycles. The van der Waals surface area contributed by atoms with Crippen LogP contribution >= 0.6 is 11.8 Å². The van der Waals surface area contributed by atoms with Crippen molar-refractivity contribution >= 4 is 38.4 Å². The van der Waals surface area contributed by atoms with E-state index in [2.05, 4.69) is 4.99 Å². The highest BCUT2D eigenvalue weighted by molar-refractivity contribution is 8.16. The highest BCUT2D eigenvalue weighted by Gasteiger charge is 2.49. The molecule has 3 unspecified atom stereocenters. The van der Waals surface area contributed by atoms with Gasteiger partial charge in [-0.2, -0.15) is 4.99 Å². The summed E-state index contributed by atoms with van der Waals surface area (Å²) in [5.74, 6) is -0.754. The Bertz CT molecular complexity index is 836. The number of nitrogens with zero attached hydrogens (tertiary/aromatic N) is 2. The standard InChI is InChI=1S/C16H17FN2O4S2/c17-10-3-1-4-11(7-10)19-12-8-25(21,22)9-14(12)24-16(19)18-15(20)13-5-2-6-23-13/h1,3-4,7,12-14H,2,5-6,8-9H2. The molecular weight excluding hydrogens is 367 g/mol. The van der Waals surface area contributed by atoms with E-state index in [1.807, 2.05) is 0 Å². The van der Waals surface area contributed by atoms with Crippen LogP contribution in [0.1, 0.15) is 12.8 Å². The molecule has 0 bridgehead atoms. The summed E-state index contributed by atoms with van der Waals surface area (Å²) in [6, 6.07) is 5.58. The number of rotatable bonds is 2. The number of benzene rings is 1. The number of amidine groups is 1. The van der Waals surface area contributed by atoms with Crippen LogP contribution < -0.4 is 4.90 Å². The molecule has 3 aliphatic rings. The minimum atomic E-state index is -3.14. The van der Waals surface area contributed by atoms with Gasteiger partial charge in [0.15, 0.2) is 15.0 Å². The van der Waals surface area contributed by atoms with Crippen LogP contribution in [0.2, 0.25) is 0 Å². The number of anilines is 1. The number of amides is 1. The van der Waals surface area contributed by atoms with Gasteiger partial charge in [-0.1, -0.05) is 17.8 Å². The Morgan fingerprint density at radius 3 is 2.92 bits per heavy atom. The molecule has 1 amide bonds. The third kappa shape index (κ3) is 3.32. The third-order valence-corrected chi connectivity index (χ3v) is 7.77. The maximum absolute atomic E-state index is 13.7. The lowest BCUT2D eigenvalue weighted by molar-refractivity contribution is -0.126. The molecule has 0 aliphatic carbocycles. The number of hydrogen-bond acceptors (Lipinski definition) is 5. The number of ether oxygens (including phenoxy) is 1. The van der Waals surface area contributed by atoms with Gasteiger partial charge < -0.3 is 9.64 Å². The first-order valence-corrected chi connectivity index (χ1v) is 10.8. The van der Waals surface area contributed by atoms with Gasteiger partial charge in [0.2, 0.25) is 0 Å². The number of aliphatic imine (C=N–C) groups is 1. The van der Waals surface area contributed by atoms with E-state index in [-0.39, 0.29) is 28.7 Å². The molecule has 25 heavy (non-hydrogen) atoms. The van der Waals surface area contributed by atoms with Crippen molar-refractivity contribution in [1.82, 2.24) is 0 Å². The fourth-order valence-electron chi connectivity index (χ4n) is 3.43. The first kappa shape index (κ1) is 17.0. The molecule has 0 N–H and O–H groups in total. The van der Waals surface area contributed by atoms with E-state index >= 15 is 0 Å². The van der Waals surface area contributed by atoms with Crippen LogP contribution in [-0.2, 0) is 19.4 Å². The van der Waals surface area contributed by atoms with Crippen LogP contribution in [0.5, 0.6) is 0 Å². The van der Waals surface area contributed by atoms with E-state index in [9.17, 15) is 17.6 Å². The molecule has 0 radical (unpaired) electrons. The Kier molecular flexibility index (Phi) is 4.33. The molecule has 6 nitrogen and oxygen atoms in total. The first-order chi connectivity index (χ1) is 11.9. The Hall–Kier alpha value is -1.45. The molecule has 3 atom stereocenters. The maximum atomic E-state index is 13.7. The number of halogens is 1. The summed E-state index contributed by atoms with van der Waals surface area (Å²) in [6.45, 7) is 0.547. The summed E-state index contributed by atoms with van der Waals surface area (Å²) in [5, 5.41) is 0.223. The smallest absolute Gasteiger partial charge is 0.277 e. The van der Waals surface area contributed by atoms with Crippen molar-refractivity contribution in [3.63, 3.8) is 0 Å². The molecule has 9 heteroatoms. The van der Waals surface area contributed by atoms with Crippen LogP contribution in [0.4, 0.5) is 10.1 Å². The topological polar surface area (TPSA) is 76.0 Å². The zero-order chi connectivity index (χ0) is 17.6. The van der Waals surface area contributed by atoms with Crippen LogP contribution in [0, 0.1) is 5.82 Å². The summed E-state index contributed by atoms with van der Waals surface area (Å²) < 4.78 is 43.0. The van der Waals surface area contributed by atoms with E-state index in [1.165, 1.54) is 23.9 Å². The predicted molar refractivity (Wildman–Crippen MR) is 94.1 cm³/mol. The Morgan fingerprint density at radius 1 is 1.36 bits per heavy atom. The lowest BCUT2D eigenvalue weighted by Crippen LogP contribution is -2.38. The van der Waals surface area contributed by atoms with Gasteiger partial charge in [0.25, 0.3) is 5.91 Å². The van der Waals surface area contributed by atoms with Gasteiger partial charge in [0, 0.05) is 17.5 Å². The number of fused-ring (bicyclic) bond motifs is 1. The van der Waals surface area contributed by atoms with Crippen molar-refractivity contribution in [2.45, 2.75) is 30.2 Å². The normalized spacial score (nSPS) is 32.3. The molecule has 0 aromatic heterocycles. The number of sulfone groups is 1. The Balaban J connectivity index is 1.69. The highest BCUT2D eigenvalue weighted by Crippen LogP contribution is 2.41. The van der Waals surface area contributed by atoms with Crippen LogP contribution in [0.25, 0.3) is 0 Å². The van der Waals surface area contributed by atoms with Crippen LogP contribution in [0.15, 0.2) is 29.3 Å². The lowest BCUT2D eigenvalue weighted by atomic mass is 10.2. The van der Waals surface area contributed by atoms with Crippen molar-refractivity contribution in [1.29, 1.82) is 0 Å². The average Bonchev–Trinajstić information content (AvgIpc) is 3.21. The lowest BCUT2D eigenvalue weighted by Gasteiger charge is -2.24. The van der Waals surface area contributed by atoms with Gasteiger partial charge in [0.1, 0.15) is 11.9 Å². The maximum Gasteiger partial charge on any atom is 0.277 e. The zero-order valence-electron chi connectivity index (χ0n) is 13.3. The predicted octanol–water partition coefficient (Wildman–Crippen LogP) is 1.61. The molecule has 3 heterocycles. The summed E-state index contributed by atoms with van der Waals surface area (Å²) in [7, 11) is -3.14. The molecule has 4 rings (SSSR count). The second kappa shape index (κ2) is 6.37. The first-order valence-electron chi connectivity index (χ1n) is 8.09. The van der Waals surface area contributed by atoms with E-state index in [4.69, 9.17) is 4.74 Å². The van der Waals surface area contributed by atoms with Gasteiger partial charge in [0.05, 0.1) is 17.5 Å². The SMILES string of the molecule is O=C(N=C1SC2CS(=O)(=O)CC2N1c1cccc(F)c1)C1CCCO1. The fourth-order valence-corrected chi connectivity index (χ4v) is 7.35. The number of carbonyl (C=O) groups is 1. The number of carbonyl (C=O) groups excluding carboxylic acids is 1. The molecule has 1 aromatic carbocycles. The molecule has 134 valence electrons. The van der Waals surface area contributed by atoms with Crippen molar-refractivity contribution in [3.8, 4) is 0 Å². The van der Waals surface area contributed by atoms with Crippen molar-refractivity contribution in [2.75, 3.05) is 23.0 Å². The second-order valence-corrected chi connectivity index (χ2v) is 9.74. The van der Waals surface area contributed by atoms with Gasteiger partial charge in [-0.05, 0) is 31.0 Å². The molecular formula is C16H17FN2O4S2. The van der Waals surface area contributed by atoms with E-state index in [0.717, 1.165) is 6.42 Å². The van der Waals surface area contributed by atoms with E-state index in [0.29, 0.717) is 23.9 Å². The van der Waals surface area contributed by atoms with Crippen LogP contribution in [0.3, 0.4) is 0 Å². The van der Waals surface area contributed by atoms with Gasteiger partial charge in [-0.15, -0.1) is 0 Å². The second-order valence-electron chi connectivity index (χ2n) is 6.38. The quantitative estimate of drug-likeness (QED) is 0.771. The average molecular weight is 384 g/mol. The van der Waals surface area contributed by atoms with Crippen LogP contribution in [-0.4, -0.2) is 55.0 Å². The minimum absolute atomic E-state index is 0.0195.